The first-order chi connectivity index (χ1) is 9.68. The van der Waals surface area contributed by atoms with Gasteiger partial charge in [0.2, 0.25) is 0 Å². The van der Waals surface area contributed by atoms with Crippen LogP contribution in [0.15, 0.2) is 30.5 Å². The van der Waals surface area contributed by atoms with E-state index in [0.717, 1.165) is 19.4 Å². The number of amides is 2. The molecular formula is C15H22N4O. The van der Waals surface area contributed by atoms with Gasteiger partial charge < -0.3 is 11.1 Å². The lowest BCUT2D eigenvalue weighted by molar-refractivity contribution is 0.238. The molecule has 2 amide bonds. The molecule has 0 aromatic carbocycles. The number of carbonyl (C=O) groups is 1. The van der Waals surface area contributed by atoms with Crippen molar-refractivity contribution >= 4 is 6.03 Å². The number of pyridine rings is 1. The minimum Gasteiger partial charge on any atom is -0.352 e. The summed E-state index contributed by atoms with van der Waals surface area (Å²) in [5.41, 5.74) is 7.59. The van der Waals surface area contributed by atoms with Crippen molar-refractivity contribution in [2.45, 2.75) is 25.3 Å². The number of nitrogens with zero attached hydrogens (tertiary/aromatic N) is 2. The molecule has 0 saturated carbocycles. The number of hydrogen-bond acceptors (Lipinski definition) is 3. The molecule has 0 aliphatic heterocycles. The first-order valence-corrected chi connectivity index (χ1v) is 7.01. The van der Waals surface area contributed by atoms with Gasteiger partial charge in [0.15, 0.2) is 0 Å². The Morgan fingerprint density at radius 3 is 3.25 bits per heavy atom. The smallest absolute Gasteiger partial charge is 0.312 e. The van der Waals surface area contributed by atoms with Crippen LogP contribution in [0.1, 0.15) is 30.1 Å². The van der Waals surface area contributed by atoms with Crippen LogP contribution in [0.3, 0.4) is 0 Å². The fraction of sp³-hybridized carbons (Fsp3) is 0.467. The molecular weight excluding hydrogens is 252 g/mol. The SMILES string of the molecule is CN(C/C=C/CNC(N)=O)[C@H]1CCCc2cccnc21. The zero-order valence-electron chi connectivity index (χ0n) is 11.9. The maximum atomic E-state index is 10.5. The van der Waals surface area contributed by atoms with Crippen LogP contribution in [0, 0.1) is 0 Å². The second kappa shape index (κ2) is 7.05. The number of nitrogens with two attached hydrogens (primary N) is 1. The molecule has 0 saturated heterocycles. The number of fused-ring (bicyclic) bond motifs is 1. The van der Waals surface area contributed by atoms with E-state index in [1.165, 1.54) is 17.7 Å². The molecule has 0 bridgehead atoms. The number of carbonyl (C=O) groups excluding carboxylic acids is 1. The molecule has 1 aromatic heterocycles. The zero-order valence-corrected chi connectivity index (χ0v) is 11.9. The van der Waals surface area contributed by atoms with Gasteiger partial charge in [0.05, 0.1) is 11.7 Å². The maximum Gasteiger partial charge on any atom is 0.312 e. The second-order valence-corrected chi connectivity index (χ2v) is 5.11. The van der Waals surface area contributed by atoms with Gasteiger partial charge in [0.25, 0.3) is 0 Å². The van der Waals surface area contributed by atoms with Crippen LogP contribution in [0.25, 0.3) is 0 Å². The van der Waals surface area contributed by atoms with Crippen LogP contribution < -0.4 is 11.1 Å². The van der Waals surface area contributed by atoms with Crippen molar-refractivity contribution in [1.29, 1.82) is 0 Å². The fourth-order valence-corrected chi connectivity index (χ4v) is 2.62. The van der Waals surface area contributed by atoms with Crippen LogP contribution in [0.4, 0.5) is 4.79 Å². The summed E-state index contributed by atoms with van der Waals surface area (Å²) in [6, 6.07) is 4.08. The normalized spacial score (nSPS) is 18.2. The van der Waals surface area contributed by atoms with Crippen molar-refractivity contribution in [2.24, 2.45) is 5.73 Å². The Morgan fingerprint density at radius 1 is 1.60 bits per heavy atom. The van der Waals surface area contributed by atoms with Crippen molar-refractivity contribution in [3.05, 3.63) is 41.7 Å². The first-order valence-electron chi connectivity index (χ1n) is 7.01. The molecule has 5 heteroatoms. The van der Waals surface area contributed by atoms with Crippen LogP contribution in [0.5, 0.6) is 0 Å². The van der Waals surface area contributed by atoms with Gasteiger partial charge in [0, 0.05) is 19.3 Å². The minimum absolute atomic E-state index is 0.383. The van der Waals surface area contributed by atoms with E-state index < -0.39 is 6.03 Å². The lowest BCUT2D eigenvalue weighted by Gasteiger charge is -2.31. The third-order valence-corrected chi connectivity index (χ3v) is 3.65. The number of primary amides is 1. The maximum absolute atomic E-state index is 10.5. The highest BCUT2D eigenvalue weighted by Gasteiger charge is 2.23. The van der Waals surface area contributed by atoms with E-state index in [9.17, 15) is 4.79 Å². The largest absolute Gasteiger partial charge is 0.352 e. The molecule has 5 nitrogen and oxygen atoms in total. The predicted octanol–water partition coefficient (Wildman–Crippen LogP) is 1.62. The number of hydrogen-bond donors (Lipinski definition) is 2. The average molecular weight is 274 g/mol. The highest BCUT2D eigenvalue weighted by atomic mass is 16.2. The summed E-state index contributed by atoms with van der Waals surface area (Å²) >= 11 is 0. The lowest BCUT2D eigenvalue weighted by Crippen LogP contribution is -2.30. The summed E-state index contributed by atoms with van der Waals surface area (Å²) in [6.07, 6.45) is 9.33. The highest BCUT2D eigenvalue weighted by molar-refractivity contribution is 5.71. The Bertz CT molecular complexity index is 487. The third kappa shape index (κ3) is 3.81. The average Bonchev–Trinajstić information content (AvgIpc) is 2.45. The number of likely N-dealkylation sites (N-methyl/N-ethyl adjacent to an activating group) is 1. The van der Waals surface area contributed by atoms with Crippen LogP contribution >= 0.6 is 0 Å². The van der Waals surface area contributed by atoms with Crippen molar-refractivity contribution < 1.29 is 4.79 Å². The van der Waals surface area contributed by atoms with Gasteiger partial charge in [-0.2, -0.15) is 0 Å². The summed E-state index contributed by atoms with van der Waals surface area (Å²) in [7, 11) is 2.11. The Labute approximate surface area is 119 Å². The summed E-state index contributed by atoms with van der Waals surface area (Å²) in [6.45, 7) is 1.31. The standard InChI is InChI=1S/C15H22N4O/c1-19(11-3-2-9-18-15(16)20)13-8-4-6-12-7-5-10-17-14(12)13/h2-3,5,7,10,13H,4,6,8-9,11H2,1H3,(H3,16,18,20)/b3-2+/t13-/m0/s1. The monoisotopic (exact) mass is 274 g/mol. The second-order valence-electron chi connectivity index (χ2n) is 5.11. The number of aromatic nitrogens is 1. The Hall–Kier alpha value is -1.88. The van der Waals surface area contributed by atoms with E-state index in [2.05, 4.69) is 28.3 Å². The summed E-state index contributed by atoms with van der Waals surface area (Å²) < 4.78 is 0. The Morgan fingerprint density at radius 2 is 2.45 bits per heavy atom. The van der Waals surface area contributed by atoms with Crippen LogP contribution in [-0.2, 0) is 6.42 Å². The molecule has 3 N–H and O–H groups in total. The molecule has 0 spiro atoms. The lowest BCUT2D eigenvalue weighted by atomic mass is 9.91. The summed E-state index contributed by atoms with van der Waals surface area (Å²) in [5, 5.41) is 2.54. The summed E-state index contributed by atoms with van der Waals surface area (Å²) in [4.78, 5) is 17.4. The first kappa shape index (κ1) is 14.5. The molecule has 0 fully saturated rings. The molecule has 1 atom stereocenters. The van der Waals surface area contributed by atoms with E-state index >= 15 is 0 Å². The number of aryl methyl sites for hydroxylation is 1. The molecule has 1 aliphatic rings. The van der Waals surface area contributed by atoms with Crippen molar-refractivity contribution in [3.8, 4) is 0 Å². The summed E-state index contributed by atoms with van der Waals surface area (Å²) in [5.74, 6) is 0. The van der Waals surface area contributed by atoms with Crippen molar-refractivity contribution in [3.63, 3.8) is 0 Å². The topological polar surface area (TPSA) is 71.2 Å². The van der Waals surface area contributed by atoms with Crippen molar-refractivity contribution in [1.82, 2.24) is 15.2 Å². The predicted molar refractivity (Wildman–Crippen MR) is 79.3 cm³/mol. The van der Waals surface area contributed by atoms with Gasteiger partial charge in [-0.1, -0.05) is 18.2 Å². The Kier molecular flexibility index (Phi) is 5.12. The molecule has 108 valence electrons. The van der Waals surface area contributed by atoms with Gasteiger partial charge >= 0.3 is 6.03 Å². The van der Waals surface area contributed by atoms with Gasteiger partial charge in [-0.05, 0) is 37.9 Å². The van der Waals surface area contributed by atoms with E-state index in [1.54, 1.807) is 0 Å². The quantitative estimate of drug-likeness (QED) is 0.801. The number of rotatable bonds is 5. The van der Waals surface area contributed by atoms with E-state index in [0.29, 0.717) is 12.6 Å². The minimum atomic E-state index is -0.492. The number of urea groups is 1. The Balaban J connectivity index is 1.90. The fourth-order valence-electron chi connectivity index (χ4n) is 2.62. The molecule has 2 rings (SSSR count). The van der Waals surface area contributed by atoms with E-state index in [-0.39, 0.29) is 0 Å². The molecule has 0 radical (unpaired) electrons. The molecule has 1 aromatic rings. The van der Waals surface area contributed by atoms with Crippen LogP contribution in [0.2, 0.25) is 0 Å². The molecule has 1 aliphatic carbocycles. The molecule has 20 heavy (non-hydrogen) atoms. The van der Waals surface area contributed by atoms with E-state index in [4.69, 9.17) is 5.73 Å². The highest BCUT2D eigenvalue weighted by Crippen LogP contribution is 2.31. The molecule has 0 unspecified atom stereocenters. The van der Waals surface area contributed by atoms with Crippen LogP contribution in [-0.4, -0.2) is 36.1 Å². The van der Waals surface area contributed by atoms with Gasteiger partial charge in [-0.25, -0.2) is 4.79 Å². The van der Waals surface area contributed by atoms with Gasteiger partial charge in [-0.15, -0.1) is 0 Å². The number of nitrogens with one attached hydrogen (secondary N) is 1. The van der Waals surface area contributed by atoms with Crippen molar-refractivity contribution in [2.75, 3.05) is 20.1 Å². The molecule has 1 heterocycles. The van der Waals surface area contributed by atoms with Gasteiger partial charge in [0.1, 0.15) is 0 Å². The zero-order chi connectivity index (χ0) is 14.4. The third-order valence-electron chi connectivity index (χ3n) is 3.65. The van der Waals surface area contributed by atoms with E-state index in [1.807, 2.05) is 24.4 Å². The van der Waals surface area contributed by atoms with Gasteiger partial charge in [-0.3, -0.25) is 9.88 Å².